The lowest BCUT2D eigenvalue weighted by Gasteiger charge is -2.35. The van der Waals surface area contributed by atoms with Crippen molar-refractivity contribution >= 4 is 17.7 Å². The number of hydrogen-bond donors (Lipinski definition) is 1. The van der Waals surface area contributed by atoms with Gasteiger partial charge in [-0.3, -0.25) is 9.69 Å². The van der Waals surface area contributed by atoms with Crippen molar-refractivity contribution < 1.29 is 14.6 Å². The van der Waals surface area contributed by atoms with Gasteiger partial charge in [0, 0.05) is 24.9 Å². The van der Waals surface area contributed by atoms with Crippen LogP contribution in [0.4, 0.5) is 0 Å². The Kier molecular flexibility index (Phi) is 5.15. The van der Waals surface area contributed by atoms with Crippen molar-refractivity contribution in [2.45, 2.75) is 45.3 Å². The molecule has 0 bridgehead atoms. The second kappa shape index (κ2) is 6.46. The fraction of sp³-hybridized carbons (Fsp3) is 0.929. The van der Waals surface area contributed by atoms with E-state index >= 15 is 0 Å². The van der Waals surface area contributed by atoms with Crippen LogP contribution in [0.5, 0.6) is 0 Å². The molecule has 2 rings (SSSR count). The summed E-state index contributed by atoms with van der Waals surface area (Å²) in [5, 5.41) is 8.89. The molecule has 19 heavy (non-hydrogen) atoms. The first-order valence-electron chi connectivity index (χ1n) is 7.16. The number of carboxylic acid groups (broad SMARTS) is 1. The maximum absolute atomic E-state index is 10.8. The van der Waals surface area contributed by atoms with Crippen LogP contribution in [0.2, 0.25) is 0 Å². The van der Waals surface area contributed by atoms with E-state index in [1.807, 2.05) is 11.8 Å². The molecule has 4 nitrogen and oxygen atoms in total. The number of rotatable bonds is 7. The van der Waals surface area contributed by atoms with E-state index in [0.717, 1.165) is 44.0 Å². The standard InChI is InChI=1S/C14H25NO3S/c1-11(2)15-5-6-18-12(8-15)9-19-10-14(3-4-14)7-13(16)17/h11-12H,3-10H2,1-2H3,(H,16,17). The van der Waals surface area contributed by atoms with Crippen molar-refractivity contribution in [3.05, 3.63) is 0 Å². The van der Waals surface area contributed by atoms with Gasteiger partial charge in [-0.1, -0.05) is 0 Å². The van der Waals surface area contributed by atoms with Crippen LogP contribution in [-0.4, -0.2) is 59.3 Å². The molecule has 110 valence electrons. The smallest absolute Gasteiger partial charge is 0.303 e. The van der Waals surface area contributed by atoms with E-state index < -0.39 is 5.97 Å². The molecule has 1 atom stereocenters. The molecule has 1 heterocycles. The van der Waals surface area contributed by atoms with Gasteiger partial charge >= 0.3 is 5.97 Å². The summed E-state index contributed by atoms with van der Waals surface area (Å²) in [7, 11) is 0. The van der Waals surface area contributed by atoms with E-state index in [4.69, 9.17) is 9.84 Å². The Bertz CT molecular complexity index is 318. The highest BCUT2D eigenvalue weighted by molar-refractivity contribution is 7.99. The Hall–Kier alpha value is -0.260. The summed E-state index contributed by atoms with van der Waals surface area (Å²) in [6, 6.07) is 0.582. The predicted molar refractivity (Wildman–Crippen MR) is 77.7 cm³/mol. The first-order valence-corrected chi connectivity index (χ1v) is 8.31. The van der Waals surface area contributed by atoms with Crippen LogP contribution in [0.3, 0.4) is 0 Å². The monoisotopic (exact) mass is 287 g/mol. The zero-order valence-electron chi connectivity index (χ0n) is 11.9. The van der Waals surface area contributed by atoms with Crippen LogP contribution in [-0.2, 0) is 9.53 Å². The number of nitrogens with zero attached hydrogens (tertiary/aromatic N) is 1. The third-order valence-electron chi connectivity index (χ3n) is 4.10. The van der Waals surface area contributed by atoms with Crippen molar-refractivity contribution in [3.63, 3.8) is 0 Å². The van der Waals surface area contributed by atoms with Crippen LogP contribution in [0.25, 0.3) is 0 Å². The van der Waals surface area contributed by atoms with Gasteiger partial charge in [-0.2, -0.15) is 11.8 Å². The van der Waals surface area contributed by atoms with E-state index in [9.17, 15) is 4.79 Å². The molecule has 0 spiro atoms. The summed E-state index contributed by atoms with van der Waals surface area (Å²) in [5.41, 5.74) is 0.100. The average Bonchev–Trinajstić information content (AvgIpc) is 3.08. The predicted octanol–water partition coefficient (Wildman–Crippen LogP) is 2.08. The molecular formula is C14H25NO3S. The number of morpholine rings is 1. The fourth-order valence-corrected chi connectivity index (χ4v) is 3.99. The lowest BCUT2D eigenvalue weighted by atomic mass is 10.1. The summed E-state index contributed by atoms with van der Waals surface area (Å²) in [6.07, 6.45) is 2.80. The Morgan fingerprint density at radius 1 is 1.53 bits per heavy atom. The molecule has 2 fully saturated rings. The Balaban J connectivity index is 1.67. The van der Waals surface area contributed by atoms with Crippen LogP contribution in [0, 0.1) is 5.41 Å². The van der Waals surface area contributed by atoms with Crippen LogP contribution >= 0.6 is 11.8 Å². The summed E-state index contributed by atoms with van der Waals surface area (Å²) >= 11 is 1.87. The normalized spacial score (nSPS) is 26.6. The first kappa shape index (κ1) is 15.1. The number of aliphatic carboxylic acids is 1. The van der Waals surface area contributed by atoms with Crippen LogP contribution in [0.1, 0.15) is 33.1 Å². The topological polar surface area (TPSA) is 49.8 Å². The van der Waals surface area contributed by atoms with E-state index in [2.05, 4.69) is 18.7 Å². The highest BCUT2D eigenvalue weighted by Crippen LogP contribution is 2.51. The highest BCUT2D eigenvalue weighted by atomic mass is 32.2. The number of thioether (sulfide) groups is 1. The van der Waals surface area contributed by atoms with Crippen molar-refractivity contribution in [1.29, 1.82) is 0 Å². The number of carbonyl (C=O) groups is 1. The Morgan fingerprint density at radius 3 is 2.84 bits per heavy atom. The fourth-order valence-electron chi connectivity index (χ4n) is 2.59. The van der Waals surface area contributed by atoms with Crippen molar-refractivity contribution in [3.8, 4) is 0 Å². The largest absolute Gasteiger partial charge is 0.481 e. The van der Waals surface area contributed by atoms with E-state index in [-0.39, 0.29) is 5.41 Å². The third-order valence-corrected chi connectivity index (χ3v) is 5.52. The molecule has 0 aromatic rings. The maximum Gasteiger partial charge on any atom is 0.303 e. The van der Waals surface area contributed by atoms with Gasteiger partial charge in [0.15, 0.2) is 0 Å². The molecule has 0 aromatic carbocycles. The average molecular weight is 287 g/mol. The van der Waals surface area contributed by atoms with Crippen LogP contribution in [0.15, 0.2) is 0 Å². The molecular weight excluding hydrogens is 262 g/mol. The molecule has 1 unspecified atom stereocenters. The zero-order valence-corrected chi connectivity index (χ0v) is 12.7. The van der Waals surface area contributed by atoms with Gasteiger partial charge in [-0.05, 0) is 37.9 Å². The molecule has 5 heteroatoms. The first-order chi connectivity index (χ1) is 9.01. The van der Waals surface area contributed by atoms with Crippen molar-refractivity contribution in [2.24, 2.45) is 5.41 Å². The molecule has 1 aliphatic heterocycles. The number of carboxylic acids is 1. The molecule has 1 aliphatic carbocycles. The molecule has 1 N–H and O–H groups in total. The number of hydrogen-bond acceptors (Lipinski definition) is 4. The zero-order chi connectivity index (χ0) is 13.9. The maximum atomic E-state index is 10.8. The minimum absolute atomic E-state index is 0.100. The molecule has 2 aliphatic rings. The number of ether oxygens (including phenoxy) is 1. The molecule has 0 amide bonds. The third kappa shape index (κ3) is 4.65. The minimum Gasteiger partial charge on any atom is -0.481 e. The highest BCUT2D eigenvalue weighted by Gasteiger charge is 2.44. The molecule has 0 radical (unpaired) electrons. The summed E-state index contributed by atoms with van der Waals surface area (Å²) < 4.78 is 5.80. The molecule has 0 aromatic heterocycles. The minimum atomic E-state index is -0.655. The van der Waals surface area contributed by atoms with Gasteiger partial charge in [0.25, 0.3) is 0 Å². The van der Waals surface area contributed by atoms with Gasteiger partial charge in [-0.25, -0.2) is 0 Å². The van der Waals surface area contributed by atoms with Crippen LogP contribution < -0.4 is 0 Å². The van der Waals surface area contributed by atoms with Gasteiger partial charge in [0.1, 0.15) is 0 Å². The summed E-state index contributed by atoms with van der Waals surface area (Å²) in [6.45, 7) is 7.31. The summed E-state index contributed by atoms with van der Waals surface area (Å²) in [4.78, 5) is 13.3. The second-order valence-corrected chi connectivity index (χ2v) is 7.20. The molecule has 1 saturated carbocycles. The van der Waals surface area contributed by atoms with Gasteiger partial charge < -0.3 is 9.84 Å². The second-order valence-electron chi connectivity index (χ2n) is 6.17. The Labute approximate surface area is 119 Å². The SMILES string of the molecule is CC(C)N1CCOC(CSCC2(CC(=O)O)CC2)C1. The van der Waals surface area contributed by atoms with Crippen molar-refractivity contribution in [1.82, 2.24) is 4.90 Å². The Morgan fingerprint density at radius 2 is 2.26 bits per heavy atom. The molecule has 1 saturated heterocycles. The lowest BCUT2D eigenvalue weighted by Crippen LogP contribution is -2.46. The van der Waals surface area contributed by atoms with Gasteiger partial charge in [0.05, 0.1) is 19.1 Å². The van der Waals surface area contributed by atoms with E-state index in [1.54, 1.807) is 0 Å². The van der Waals surface area contributed by atoms with E-state index in [0.29, 0.717) is 18.6 Å². The van der Waals surface area contributed by atoms with Gasteiger partial charge in [0.2, 0.25) is 0 Å². The van der Waals surface area contributed by atoms with Crippen molar-refractivity contribution in [2.75, 3.05) is 31.2 Å². The summed E-state index contributed by atoms with van der Waals surface area (Å²) in [5.74, 6) is 1.31. The quantitative estimate of drug-likeness (QED) is 0.777. The van der Waals surface area contributed by atoms with Gasteiger partial charge in [-0.15, -0.1) is 0 Å². The lowest BCUT2D eigenvalue weighted by molar-refractivity contribution is -0.138. The van der Waals surface area contributed by atoms with E-state index in [1.165, 1.54) is 0 Å².